The van der Waals surface area contributed by atoms with Gasteiger partial charge in [0.2, 0.25) is 0 Å². The molecule has 0 saturated carbocycles. The van der Waals surface area contributed by atoms with Crippen molar-refractivity contribution in [3.8, 4) is 0 Å². The molecule has 4 heteroatoms. The van der Waals surface area contributed by atoms with E-state index in [-0.39, 0.29) is 0 Å². The summed E-state index contributed by atoms with van der Waals surface area (Å²) in [6.45, 7) is 0.706. The minimum Gasteiger partial charge on any atom is -0.364 e. The predicted octanol–water partition coefficient (Wildman–Crippen LogP) is 3.90. The Labute approximate surface area is 116 Å². The van der Waals surface area contributed by atoms with Crippen LogP contribution in [-0.2, 0) is 6.54 Å². The van der Waals surface area contributed by atoms with Crippen LogP contribution in [0.4, 0.5) is 5.82 Å². The lowest BCUT2D eigenvalue weighted by Crippen LogP contribution is -2.02. The van der Waals surface area contributed by atoms with Crippen LogP contribution < -0.4 is 5.32 Å². The van der Waals surface area contributed by atoms with Gasteiger partial charge in [-0.3, -0.25) is 0 Å². The molecule has 3 nitrogen and oxygen atoms in total. The Morgan fingerprint density at radius 1 is 0.895 bits per heavy atom. The Hall–Kier alpha value is -2.13. The standard InChI is InChI=1S/C15H12ClN3/c16-14-8-9-15(19-18-14)17-10-12-6-3-5-11-4-1-2-7-13(11)12/h1-9H,10H2,(H,17,19). The summed E-state index contributed by atoms with van der Waals surface area (Å²) in [5.41, 5.74) is 1.23. The summed E-state index contributed by atoms with van der Waals surface area (Å²) >= 11 is 5.71. The van der Waals surface area contributed by atoms with Gasteiger partial charge in [0.1, 0.15) is 5.82 Å². The van der Waals surface area contributed by atoms with Gasteiger partial charge in [0.25, 0.3) is 0 Å². The highest BCUT2D eigenvalue weighted by Gasteiger charge is 2.01. The molecular formula is C15H12ClN3. The van der Waals surface area contributed by atoms with Crippen LogP contribution in [0.2, 0.25) is 5.15 Å². The predicted molar refractivity (Wildman–Crippen MR) is 78.3 cm³/mol. The van der Waals surface area contributed by atoms with Crippen LogP contribution in [0.1, 0.15) is 5.56 Å². The fourth-order valence-electron chi connectivity index (χ4n) is 2.04. The lowest BCUT2D eigenvalue weighted by molar-refractivity contribution is 1.00. The summed E-state index contributed by atoms with van der Waals surface area (Å²) in [7, 11) is 0. The maximum atomic E-state index is 5.71. The zero-order valence-corrected chi connectivity index (χ0v) is 10.9. The summed E-state index contributed by atoms with van der Waals surface area (Å²) in [5.74, 6) is 0.720. The first-order valence-electron chi connectivity index (χ1n) is 6.03. The molecule has 0 aliphatic heterocycles. The van der Waals surface area contributed by atoms with Gasteiger partial charge in [-0.2, -0.15) is 0 Å². The maximum absolute atomic E-state index is 5.71. The average molecular weight is 270 g/mol. The van der Waals surface area contributed by atoms with Crippen molar-refractivity contribution in [3.05, 3.63) is 65.3 Å². The van der Waals surface area contributed by atoms with Crippen LogP contribution in [-0.4, -0.2) is 10.2 Å². The first kappa shape index (κ1) is 11.9. The van der Waals surface area contributed by atoms with Gasteiger partial charge >= 0.3 is 0 Å². The number of benzene rings is 2. The number of hydrogen-bond donors (Lipinski definition) is 1. The van der Waals surface area contributed by atoms with Gasteiger partial charge in [-0.05, 0) is 28.5 Å². The molecule has 19 heavy (non-hydrogen) atoms. The van der Waals surface area contributed by atoms with Gasteiger partial charge in [-0.15, -0.1) is 10.2 Å². The van der Waals surface area contributed by atoms with E-state index in [9.17, 15) is 0 Å². The molecule has 1 N–H and O–H groups in total. The van der Waals surface area contributed by atoms with Crippen molar-refractivity contribution in [1.29, 1.82) is 0 Å². The minimum atomic E-state index is 0.399. The van der Waals surface area contributed by atoms with Crippen LogP contribution >= 0.6 is 11.6 Å². The third-order valence-corrected chi connectivity index (χ3v) is 3.17. The van der Waals surface area contributed by atoms with E-state index in [2.05, 4.69) is 45.8 Å². The smallest absolute Gasteiger partial charge is 0.151 e. The maximum Gasteiger partial charge on any atom is 0.151 e. The normalized spacial score (nSPS) is 10.6. The fraction of sp³-hybridized carbons (Fsp3) is 0.0667. The molecule has 1 heterocycles. The van der Waals surface area contributed by atoms with Crippen molar-refractivity contribution in [2.24, 2.45) is 0 Å². The van der Waals surface area contributed by atoms with Crippen molar-refractivity contribution in [2.75, 3.05) is 5.32 Å². The molecule has 3 aromatic rings. The molecule has 0 aliphatic carbocycles. The van der Waals surface area contributed by atoms with Gasteiger partial charge in [-0.25, -0.2) is 0 Å². The van der Waals surface area contributed by atoms with Crippen molar-refractivity contribution >= 4 is 28.2 Å². The van der Waals surface area contributed by atoms with Crippen molar-refractivity contribution in [1.82, 2.24) is 10.2 Å². The Morgan fingerprint density at radius 2 is 1.74 bits per heavy atom. The molecule has 0 aliphatic rings. The van der Waals surface area contributed by atoms with E-state index in [1.165, 1.54) is 16.3 Å². The van der Waals surface area contributed by atoms with Crippen LogP contribution in [0.15, 0.2) is 54.6 Å². The minimum absolute atomic E-state index is 0.399. The molecule has 2 aromatic carbocycles. The molecule has 3 rings (SSSR count). The van der Waals surface area contributed by atoms with Gasteiger partial charge in [0, 0.05) is 6.54 Å². The number of aromatic nitrogens is 2. The SMILES string of the molecule is Clc1ccc(NCc2cccc3ccccc23)nn1. The van der Waals surface area contributed by atoms with Crippen molar-refractivity contribution in [2.45, 2.75) is 6.54 Å². The number of fused-ring (bicyclic) bond motifs is 1. The van der Waals surface area contributed by atoms with Gasteiger partial charge in [-0.1, -0.05) is 54.1 Å². The monoisotopic (exact) mass is 269 g/mol. The largest absolute Gasteiger partial charge is 0.364 e. The quantitative estimate of drug-likeness (QED) is 0.784. The van der Waals surface area contributed by atoms with E-state index in [0.29, 0.717) is 11.7 Å². The van der Waals surface area contributed by atoms with E-state index in [1.54, 1.807) is 6.07 Å². The molecule has 0 unspecified atom stereocenters. The van der Waals surface area contributed by atoms with E-state index < -0.39 is 0 Å². The third kappa shape index (κ3) is 2.66. The van der Waals surface area contributed by atoms with E-state index >= 15 is 0 Å². The summed E-state index contributed by atoms with van der Waals surface area (Å²) in [6.07, 6.45) is 0. The second kappa shape index (κ2) is 5.24. The molecule has 1 aromatic heterocycles. The molecular weight excluding hydrogens is 258 g/mol. The van der Waals surface area contributed by atoms with Gasteiger partial charge in [0.15, 0.2) is 5.15 Å². The zero-order valence-electron chi connectivity index (χ0n) is 10.2. The number of rotatable bonds is 3. The van der Waals surface area contributed by atoms with E-state index in [1.807, 2.05) is 18.2 Å². The summed E-state index contributed by atoms with van der Waals surface area (Å²) in [4.78, 5) is 0. The zero-order chi connectivity index (χ0) is 13.1. The Kier molecular flexibility index (Phi) is 3.29. The van der Waals surface area contributed by atoms with Crippen molar-refractivity contribution < 1.29 is 0 Å². The molecule has 0 fully saturated rings. The number of hydrogen-bond acceptors (Lipinski definition) is 3. The van der Waals surface area contributed by atoms with E-state index in [0.717, 1.165) is 5.82 Å². The summed E-state index contributed by atoms with van der Waals surface area (Å²) in [5, 5.41) is 13.9. The highest BCUT2D eigenvalue weighted by atomic mass is 35.5. The molecule has 0 saturated heterocycles. The Morgan fingerprint density at radius 3 is 2.58 bits per heavy atom. The molecule has 0 atom stereocenters. The summed E-state index contributed by atoms with van der Waals surface area (Å²) in [6, 6.07) is 18.2. The number of halogens is 1. The fourth-order valence-corrected chi connectivity index (χ4v) is 2.14. The first-order valence-corrected chi connectivity index (χ1v) is 6.40. The first-order chi connectivity index (χ1) is 9.33. The lowest BCUT2D eigenvalue weighted by Gasteiger charge is -2.08. The van der Waals surface area contributed by atoms with Gasteiger partial charge < -0.3 is 5.32 Å². The molecule has 0 amide bonds. The topological polar surface area (TPSA) is 37.8 Å². The summed E-state index contributed by atoms with van der Waals surface area (Å²) < 4.78 is 0. The second-order valence-electron chi connectivity index (χ2n) is 4.23. The van der Waals surface area contributed by atoms with E-state index in [4.69, 9.17) is 11.6 Å². The molecule has 0 spiro atoms. The highest BCUT2D eigenvalue weighted by Crippen LogP contribution is 2.19. The average Bonchev–Trinajstić information content (AvgIpc) is 2.47. The molecule has 0 radical (unpaired) electrons. The third-order valence-electron chi connectivity index (χ3n) is 2.97. The lowest BCUT2D eigenvalue weighted by atomic mass is 10.0. The Bertz CT molecular complexity index is 690. The second-order valence-corrected chi connectivity index (χ2v) is 4.62. The van der Waals surface area contributed by atoms with Gasteiger partial charge in [0.05, 0.1) is 0 Å². The number of nitrogens with zero attached hydrogens (tertiary/aromatic N) is 2. The number of anilines is 1. The highest BCUT2D eigenvalue weighted by molar-refractivity contribution is 6.29. The van der Waals surface area contributed by atoms with Crippen LogP contribution in [0.5, 0.6) is 0 Å². The molecule has 94 valence electrons. The van der Waals surface area contributed by atoms with Crippen molar-refractivity contribution in [3.63, 3.8) is 0 Å². The van der Waals surface area contributed by atoms with Crippen LogP contribution in [0, 0.1) is 0 Å². The van der Waals surface area contributed by atoms with Crippen LogP contribution in [0.3, 0.4) is 0 Å². The van der Waals surface area contributed by atoms with Crippen LogP contribution in [0.25, 0.3) is 10.8 Å². The number of nitrogens with one attached hydrogen (secondary N) is 1. The molecule has 0 bridgehead atoms. The Balaban J connectivity index is 1.84.